The lowest BCUT2D eigenvalue weighted by atomic mass is 9.88. The number of hydrogen-bond donors (Lipinski definition) is 0. The Morgan fingerprint density at radius 1 is 0.762 bits per heavy atom. The summed E-state index contributed by atoms with van der Waals surface area (Å²) < 4.78 is 142. The zero-order valence-electron chi connectivity index (χ0n) is 9.76. The molecule has 0 amide bonds. The van der Waals surface area contributed by atoms with Crippen LogP contribution in [0.15, 0.2) is 0 Å². The highest BCUT2D eigenvalue weighted by Crippen LogP contribution is 2.59. The van der Waals surface area contributed by atoms with E-state index in [1.165, 1.54) is 0 Å². The monoisotopic (exact) mass is 340 g/mol. The van der Waals surface area contributed by atoms with Gasteiger partial charge >= 0.3 is 29.9 Å². The van der Waals surface area contributed by atoms with E-state index in [-0.39, 0.29) is 6.61 Å². The van der Waals surface area contributed by atoms with Crippen LogP contribution in [0.25, 0.3) is 0 Å². The van der Waals surface area contributed by atoms with Crippen molar-refractivity contribution < 1.29 is 53.0 Å². The van der Waals surface area contributed by atoms with Crippen LogP contribution in [0.3, 0.4) is 0 Å². The smallest absolute Gasteiger partial charge is 0.373 e. The van der Waals surface area contributed by atoms with Gasteiger partial charge in [0.1, 0.15) is 0 Å². The summed E-state index contributed by atoms with van der Waals surface area (Å²) in [6.45, 7) is -0.138. The van der Waals surface area contributed by atoms with E-state index in [0.29, 0.717) is 0 Å². The van der Waals surface area contributed by atoms with Crippen LogP contribution < -0.4 is 0 Å². The Hall–Kier alpha value is -0.810. The first-order valence-corrected chi connectivity index (χ1v) is 5.27. The van der Waals surface area contributed by atoms with E-state index in [4.69, 9.17) is 0 Å². The molecular formula is C9H7F11O. The molecule has 1 aliphatic heterocycles. The van der Waals surface area contributed by atoms with Gasteiger partial charge in [-0.1, -0.05) is 0 Å². The Morgan fingerprint density at radius 2 is 1.14 bits per heavy atom. The summed E-state index contributed by atoms with van der Waals surface area (Å²) in [5.41, 5.74) is -7.36. The van der Waals surface area contributed by atoms with Crippen molar-refractivity contribution in [2.75, 3.05) is 6.61 Å². The Labute approximate surface area is 110 Å². The van der Waals surface area contributed by atoms with E-state index in [1.807, 2.05) is 0 Å². The van der Waals surface area contributed by atoms with Crippen molar-refractivity contribution in [2.45, 2.75) is 48.8 Å². The van der Waals surface area contributed by atoms with Crippen molar-refractivity contribution in [3.63, 3.8) is 0 Å². The van der Waals surface area contributed by atoms with Gasteiger partial charge < -0.3 is 4.74 Å². The Balaban J connectivity index is 3.19. The third kappa shape index (κ3) is 2.90. The van der Waals surface area contributed by atoms with Crippen LogP contribution in [0.4, 0.5) is 48.3 Å². The minimum atomic E-state index is -7.36. The Morgan fingerprint density at radius 3 is 1.43 bits per heavy atom. The van der Waals surface area contributed by atoms with Crippen LogP contribution in [0.5, 0.6) is 0 Å². The molecule has 0 spiro atoms. The van der Waals surface area contributed by atoms with Crippen molar-refractivity contribution in [1.82, 2.24) is 0 Å². The molecule has 126 valence electrons. The minimum Gasteiger partial charge on any atom is -0.373 e. The lowest BCUT2D eigenvalue weighted by Crippen LogP contribution is -2.70. The second-order valence-corrected chi connectivity index (χ2v) is 4.43. The number of hydrogen-bond acceptors (Lipinski definition) is 1. The van der Waals surface area contributed by atoms with Gasteiger partial charge in [0.05, 0.1) is 12.7 Å². The molecule has 1 nitrogen and oxygen atoms in total. The molecule has 1 aliphatic rings. The fraction of sp³-hybridized carbons (Fsp3) is 1.00. The molecule has 1 heterocycles. The second-order valence-electron chi connectivity index (χ2n) is 4.43. The number of rotatable bonds is 5. The summed E-state index contributed by atoms with van der Waals surface area (Å²) in [6.07, 6.45) is -18.5. The highest BCUT2D eigenvalue weighted by molar-refractivity contribution is 5.11. The lowest BCUT2D eigenvalue weighted by molar-refractivity contribution is -0.427. The first-order valence-electron chi connectivity index (χ1n) is 5.27. The van der Waals surface area contributed by atoms with Crippen LogP contribution >= 0.6 is 0 Å². The average molecular weight is 340 g/mol. The minimum absolute atomic E-state index is 0.138. The summed E-state index contributed by atoms with van der Waals surface area (Å²) in [4.78, 5) is 0. The molecule has 12 heteroatoms. The van der Waals surface area contributed by atoms with E-state index in [2.05, 4.69) is 4.74 Å². The number of halogens is 11. The topological polar surface area (TPSA) is 12.5 Å². The van der Waals surface area contributed by atoms with E-state index in [1.54, 1.807) is 0 Å². The molecule has 0 aliphatic carbocycles. The molecule has 1 rings (SSSR count). The van der Waals surface area contributed by atoms with Crippen molar-refractivity contribution in [1.29, 1.82) is 0 Å². The first kappa shape index (κ1) is 18.2. The van der Waals surface area contributed by atoms with Crippen LogP contribution in [-0.4, -0.2) is 42.6 Å². The molecule has 1 saturated heterocycles. The zero-order valence-corrected chi connectivity index (χ0v) is 9.76. The van der Waals surface area contributed by atoms with E-state index >= 15 is 0 Å². The number of epoxide rings is 1. The molecule has 21 heavy (non-hydrogen) atoms. The fourth-order valence-corrected chi connectivity index (χ4v) is 1.50. The summed E-state index contributed by atoms with van der Waals surface area (Å²) >= 11 is 0. The lowest BCUT2D eigenvalue weighted by Gasteiger charge is -2.39. The normalized spacial score (nSPS) is 21.6. The van der Waals surface area contributed by atoms with Gasteiger partial charge in [0, 0.05) is 6.42 Å². The standard InChI is InChI=1S/C9H7F11O/c10-5(11,2-1-4-3-21-4)7(13,14)6(12,8(15,16)17)9(18,19)20/h4H,1-3H2. The molecule has 0 aromatic heterocycles. The third-order valence-electron chi connectivity index (χ3n) is 2.86. The number of alkyl halides is 11. The third-order valence-corrected chi connectivity index (χ3v) is 2.86. The molecule has 0 saturated carbocycles. The molecular weight excluding hydrogens is 333 g/mol. The van der Waals surface area contributed by atoms with Crippen molar-refractivity contribution >= 4 is 0 Å². The van der Waals surface area contributed by atoms with Crippen molar-refractivity contribution in [2.24, 2.45) is 0 Å². The molecule has 0 N–H and O–H groups in total. The maximum atomic E-state index is 13.1. The highest BCUT2D eigenvalue weighted by Gasteiger charge is 2.89. The van der Waals surface area contributed by atoms with Gasteiger partial charge in [-0.25, -0.2) is 4.39 Å². The summed E-state index contributed by atoms with van der Waals surface area (Å²) in [5.74, 6) is -12.9. The zero-order chi connectivity index (χ0) is 16.9. The maximum absolute atomic E-state index is 13.1. The Bertz CT molecular complexity index is 364. The quantitative estimate of drug-likeness (QED) is 0.538. The number of ether oxygens (including phenoxy) is 1. The first-order chi connectivity index (χ1) is 9.08. The summed E-state index contributed by atoms with van der Waals surface area (Å²) in [5, 5.41) is 0. The molecule has 0 bridgehead atoms. The largest absolute Gasteiger partial charge is 0.438 e. The van der Waals surface area contributed by atoms with E-state index in [0.717, 1.165) is 0 Å². The predicted molar refractivity (Wildman–Crippen MR) is 44.8 cm³/mol. The van der Waals surface area contributed by atoms with Crippen LogP contribution in [-0.2, 0) is 4.74 Å². The van der Waals surface area contributed by atoms with Gasteiger partial charge in [-0.2, -0.15) is 43.9 Å². The van der Waals surface area contributed by atoms with Crippen LogP contribution in [0.1, 0.15) is 12.8 Å². The molecule has 1 fully saturated rings. The van der Waals surface area contributed by atoms with Gasteiger partial charge in [-0.05, 0) is 6.42 Å². The molecule has 1 atom stereocenters. The Kier molecular flexibility index (Phi) is 4.21. The van der Waals surface area contributed by atoms with Crippen LogP contribution in [0.2, 0.25) is 0 Å². The molecule has 0 radical (unpaired) electrons. The van der Waals surface area contributed by atoms with E-state index in [9.17, 15) is 48.3 Å². The molecule has 0 aromatic rings. The second kappa shape index (κ2) is 4.85. The molecule has 1 unspecified atom stereocenters. The van der Waals surface area contributed by atoms with Crippen LogP contribution in [0, 0.1) is 0 Å². The van der Waals surface area contributed by atoms with E-state index < -0.39 is 48.8 Å². The summed E-state index contributed by atoms with van der Waals surface area (Å²) in [7, 11) is 0. The maximum Gasteiger partial charge on any atom is 0.438 e. The predicted octanol–water partition coefficient (Wildman–Crippen LogP) is 4.27. The average Bonchev–Trinajstić information content (AvgIpc) is 3.05. The van der Waals surface area contributed by atoms with Gasteiger partial charge in [-0.3, -0.25) is 0 Å². The summed E-state index contributed by atoms with van der Waals surface area (Å²) in [6, 6.07) is 0. The van der Waals surface area contributed by atoms with Crippen molar-refractivity contribution in [3.8, 4) is 0 Å². The van der Waals surface area contributed by atoms with Gasteiger partial charge in [0.2, 0.25) is 0 Å². The SMILES string of the molecule is FC(F)(F)C(F)(C(F)(F)F)C(F)(F)C(F)(F)CCC1CO1. The van der Waals surface area contributed by atoms with Gasteiger partial charge in [0.25, 0.3) is 0 Å². The van der Waals surface area contributed by atoms with Gasteiger partial charge in [-0.15, -0.1) is 0 Å². The fourth-order valence-electron chi connectivity index (χ4n) is 1.50. The highest BCUT2D eigenvalue weighted by atomic mass is 19.4. The van der Waals surface area contributed by atoms with Gasteiger partial charge in [0.15, 0.2) is 0 Å². The molecule has 0 aromatic carbocycles. The van der Waals surface area contributed by atoms with Crippen molar-refractivity contribution in [3.05, 3.63) is 0 Å².